The van der Waals surface area contributed by atoms with Crippen molar-refractivity contribution in [3.05, 3.63) is 54.9 Å². The van der Waals surface area contributed by atoms with Crippen molar-refractivity contribution in [1.29, 1.82) is 0 Å². The Morgan fingerprint density at radius 3 is 2.72 bits per heavy atom. The van der Waals surface area contributed by atoms with Crippen LogP contribution in [0.15, 0.2) is 49.3 Å². The molecule has 3 aromatic rings. The lowest BCUT2D eigenvalue weighted by Crippen LogP contribution is -2.49. The first kappa shape index (κ1) is 32.1. The fourth-order valence-corrected chi connectivity index (χ4v) is 7.77. The molecular formula is C32H40FN7O5S. The minimum atomic E-state index is -3.06. The summed E-state index contributed by atoms with van der Waals surface area (Å²) in [4.78, 5) is 30.0. The van der Waals surface area contributed by atoms with Gasteiger partial charge in [0.15, 0.2) is 0 Å². The summed E-state index contributed by atoms with van der Waals surface area (Å²) < 4.78 is 49.4. The standard InChI is InChI=1S/C32H40FN7O5S/c1-4-31(41)36-26-9-12-45-18-24(26)21-5-6-27(40-15-20(16-40)19-46(3,42)43)23-14-35-30(13-22(21)23)37-29-7-10-34-32(38-29)39-11-8-28(44-2)25(33)17-39/h4-7,10,13-14,20,24-26,28H,1,8-9,11-12,15-19H2,2-3H3,(H,36,41)(H,34,35,37,38)/t24-,25-,26-,28+/m0/s1. The van der Waals surface area contributed by atoms with Gasteiger partial charge in [-0.25, -0.2) is 22.8 Å². The number of sulfone groups is 1. The maximum atomic E-state index is 14.6. The van der Waals surface area contributed by atoms with E-state index in [1.54, 1.807) is 12.3 Å². The molecule has 0 saturated carbocycles. The maximum absolute atomic E-state index is 14.6. The van der Waals surface area contributed by atoms with Crippen molar-refractivity contribution in [2.75, 3.05) is 73.6 Å². The van der Waals surface area contributed by atoms with E-state index in [-0.39, 0.29) is 36.1 Å². The number of alkyl halides is 1. The molecule has 2 aromatic heterocycles. The number of anilines is 4. The number of rotatable bonds is 10. The van der Waals surface area contributed by atoms with Gasteiger partial charge in [-0.15, -0.1) is 0 Å². The smallest absolute Gasteiger partial charge is 0.243 e. The number of hydrogen-bond donors (Lipinski definition) is 2. The highest BCUT2D eigenvalue weighted by Gasteiger charge is 2.34. The van der Waals surface area contributed by atoms with E-state index >= 15 is 0 Å². The number of methoxy groups -OCH3 is 1. The molecule has 6 rings (SSSR count). The Kier molecular flexibility index (Phi) is 9.39. The second kappa shape index (κ2) is 13.5. The molecule has 46 heavy (non-hydrogen) atoms. The SMILES string of the molecule is C=CC(=O)N[C@H]1CCOC[C@H]1c1ccc(N2CC(CS(C)(=O)=O)C2)c2cnc(Nc3ccnc(N4CC[C@@H](OC)[C@@H](F)C4)n3)cc12. The van der Waals surface area contributed by atoms with E-state index in [9.17, 15) is 17.6 Å². The number of ether oxygens (including phenoxy) is 2. The second-order valence-corrected chi connectivity index (χ2v) is 14.5. The van der Waals surface area contributed by atoms with E-state index < -0.39 is 22.1 Å². The largest absolute Gasteiger partial charge is 0.381 e. The van der Waals surface area contributed by atoms with Crippen LogP contribution in [-0.4, -0.2) is 106 Å². The van der Waals surface area contributed by atoms with E-state index in [0.717, 1.165) is 22.0 Å². The van der Waals surface area contributed by atoms with E-state index in [4.69, 9.17) is 14.5 Å². The lowest BCUT2D eigenvalue weighted by molar-refractivity contribution is -0.118. The average molecular weight is 654 g/mol. The number of hydrogen-bond acceptors (Lipinski definition) is 11. The van der Waals surface area contributed by atoms with Crippen LogP contribution < -0.4 is 20.4 Å². The summed E-state index contributed by atoms with van der Waals surface area (Å²) >= 11 is 0. The van der Waals surface area contributed by atoms with Crippen molar-refractivity contribution in [2.45, 2.75) is 37.1 Å². The highest BCUT2D eigenvalue weighted by atomic mass is 32.2. The molecule has 0 spiro atoms. The van der Waals surface area contributed by atoms with Crippen LogP contribution >= 0.6 is 0 Å². The minimum Gasteiger partial charge on any atom is -0.381 e. The Bertz CT molecular complexity index is 1700. The molecule has 0 bridgehead atoms. The summed E-state index contributed by atoms with van der Waals surface area (Å²) in [7, 11) is -1.54. The number of nitrogens with zero attached hydrogens (tertiary/aromatic N) is 5. The van der Waals surface area contributed by atoms with Crippen LogP contribution in [0.25, 0.3) is 10.8 Å². The molecule has 3 aliphatic heterocycles. The van der Waals surface area contributed by atoms with Crippen LogP contribution in [0.3, 0.4) is 0 Å². The number of benzene rings is 1. The van der Waals surface area contributed by atoms with Gasteiger partial charge in [0.1, 0.15) is 27.6 Å². The van der Waals surface area contributed by atoms with Gasteiger partial charge in [0.2, 0.25) is 11.9 Å². The average Bonchev–Trinajstić information content (AvgIpc) is 3.02. The van der Waals surface area contributed by atoms with E-state index in [2.05, 4.69) is 38.1 Å². The number of nitrogens with one attached hydrogen (secondary N) is 2. The zero-order valence-electron chi connectivity index (χ0n) is 26.1. The number of halogens is 1. The van der Waals surface area contributed by atoms with Gasteiger partial charge < -0.3 is 29.9 Å². The third-order valence-corrected chi connectivity index (χ3v) is 10.1. The molecule has 0 unspecified atom stereocenters. The number of pyridine rings is 1. The number of carbonyl (C=O) groups excluding carboxylic acids is 1. The van der Waals surface area contributed by atoms with E-state index in [0.29, 0.717) is 63.3 Å². The highest BCUT2D eigenvalue weighted by Crippen LogP contribution is 2.39. The first-order valence-electron chi connectivity index (χ1n) is 15.5. The van der Waals surface area contributed by atoms with Gasteiger partial charge >= 0.3 is 0 Å². The van der Waals surface area contributed by atoms with Gasteiger partial charge in [0, 0.05) is 81.0 Å². The first-order chi connectivity index (χ1) is 22.1. The van der Waals surface area contributed by atoms with Crippen molar-refractivity contribution in [3.8, 4) is 0 Å². The minimum absolute atomic E-state index is 0.0730. The molecule has 3 aliphatic rings. The number of carbonyl (C=O) groups is 1. The van der Waals surface area contributed by atoms with Gasteiger partial charge in [-0.1, -0.05) is 12.6 Å². The van der Waals surface area contributed by atoms with Crippen LogP contribution in [0.5, 0.6) is 0 Å². The molecule has 5 heterocycles. The summed E-state index contributed by atoms with van der Waals surface area (Å²) in [5.74, 6) is 1.38. The van der Waals surface area contributed by atoms with Crippen molar-refractivity contribution in [1.82, 2.24) is 20.3 Å². The van der Waals surface area contributed by atoms with Gasteiger partial charge in [-0.3, -0.25) is 4.79 Å². The lowest BCUT2D eigenvalue weighted by Gasteiger charge is -2.41. The number of fused-ring (bicyclic) bond motifs is 1. The molecule has 12 nitrogen and oxygen atoms in total. The van der Waals surface area contributed by atoms with Crippen LogP contribution in [-0.2, 0) is 24.1 Å². The van der Waals surface area contributed by atoms with E-state index in [1.807, 2.05) is 23.2 Å². The second-order valence-electron chi connectivity index (χ2n) is 12.3. The first-order valence-corrected chi connectivity index (χ1v) is 17.6. The molecule has 0 radical (unpaired) electrons. The molecule has 14 heteroatoms. The van der Waals surface area contributed by atoms with Gasteiger partial charge in [0.05, 0.1) is 25.0 Å². The fraction of sp³-hybridized carbons (Fsp3) is 0.500. The summed E-state index contributed by atoms with van der Waals surface area (Å²) in [6.45, 7) is 6.59. The molecule has 1 aromatic carbocycles. The van der Waals surface area contributed by atoms with Gasteiger partial charge in [-0.05, 0) is 48.1 Å². The molecule has 246 valence electrons. The predicted octanol–water partition coefficient (Wildman–Crippen LogP) is 2.99. The number of amides is 1. The Balaban J connectivity index is 1.31. The van der Waals surface area contributed by atoms with Crippen LogP contribution in [0, 0.1) is 5.92 Å². The predicted molar refractivity (Wildman–Crippen MR) is 175 cm³/mol. The molecule has 3 saturated heterocycles. The van der Waals surface area contributed by atoms with Crippen LogP contribution in [0.1, 0.15) is 24.3 Å². The zero-order valence-corrected chi connectivity index (χ0v) is 26.9. The number of piperidine rings is 1. The quantitative estimate of drug-likeness (QED) is 0.312. The van der Waals surface area contributed by atoms with Gasteiger partial charge in [0.25, 0.3) is 0 Å². The van der Waals surface area contributed by atoms with E-state index in [1.165, 1.54) is 19.4 Å². The monoisotopic (exact) mass is 653 g/mol. The Labute approximate surface area is 268 Å². The molecule has 0 aliphatic carbocycles. The molecule has 1 amide bonds. The molecule has 4 atom stereocenters. The topological polar surface area (TPSA) is 139 Å². The fourth-order valence-electron chi connectivity index (χ4n) is 6.71. The normalized spacial score (nSPS) is 24.0. The maximum Gasteiger partial charge on any atom is 0.243 e. The molecule has 3 fully saturated rings. The lowest BCUT2D eigenvalue weighted by atomic mass is 9.85. The van der Waals surface area contributed by atoms with Crippen LogP contribution in [0.4, 0.5) is 27.7 Å². The highest BCUT2D eigenvalue weighted by molar-refractivity contribution is 7.90. The van der Waals surface area contributed by atoms with Crippen molar-refractivity contribution >= 4 is 49.8 Å². The Morgan fingerprint density at radius 2 is 1.98 bits per heavy atom. The van der Waals surface area contributed by atoms with Crippen molar-refractivity contribution < 1.29 is 27.1 Å². The third-order valence-electron chi connectivity index (χ3n) is 8.98. The summed E-state index contributed by atoms with van der Waals surface area (Å²) in [5.41, 5.74) is 1.97. The van der Waals surface area contributed by atoms with Crippen LogP contribution in [0.2, 0.25) is 0 Å². The van der Waals surface area contributed by atoms with Crippen molar-refractivity contribution in [3.63, 3.8) is 0 Å². The summed E-state index contributed by atoms with van der Waals surface area (Å²) in [6, 6.07) is 7.67. The molecular weight excluding hydrogens is 613 g/mol. The van der Waals surface area contributed by atoms with Crippen molar-refractivity contribution in [2.24, 2.45) is 5.92 Å². The Morgan fingerprint density at radius 1 is 1.15 bits per heavy atom. The Hall–Kier alpha value is -3.88. The molecule has 2 N–H and O–H groups in total. The number of aromatic nitrogens is 3. The third kappa shape index (κ3) is 7.08. The zero-order chi connectivity index (χ0) is 32.4. The summed E-state index contributed by atoms with van der Waals surface area (Å²) in [5, 5.41) is 8.23. The summed E-state index contributed by atoms with van der Waals surface area (Å²) in [6.07, 6.45) is 5.63. The van der Waals surface area contributed by atoms with Gasteiger partial charge in [-0.2, -0.15) is 4.98 Å².